The fourth-order valence-corrected chi connectivity index (χ4v) is 2.80. The van der Waals surface area contributed by atoms with Crippen LogP contribution in [-0.4, -0.2) is 25.9 Å². The molecule has 12 heteroatoms. The molecule has 0 aliphatic heterocycles. The third-order valence-corrected chi connectivity index (χ3v) is 3.97. The van der Waals surface area contributed by atoms with Gasteiger partial charge < -0.3 is 9.72 Å². The molecule has 4 aromatic rings. The van der Waals surface area contributed by atoms with Gasteiger partial charge in [0.25, 0.3) is 5.56 Å². The normalized spacial score (nSPS) is 12.6. The molecule has 0 saturated carbocycles. The van der Waals surface area contributed by atoms with Crippen molar-refractivity contribution in [3.05, 3.63) is 58.6 Å². The van der Waals surface area contributed by atoms with Crippen molar-refractivity contribution in [2.45, 2.75) is 12.5 Å². The minimum atomic E-state index is -4.93. The summed E-state index contributed by atoms with van der Waals surface area (Å²) < 4.78 is 80.8. The highest BCUT2D eigenvalue weighted by atomic mass is 19.4. The fraction of sp³-hybridized carbons (Fsp3) is 0.118. The summed E-state index contributed by atoms with van der Waals surface area (Å²) in [5.41, 5.74) is -1.32. The van der Waals surface area contributed by atoms with Gasteiger partial charge in [0.2, 0.25) is 0 Å². The van der Waals surface area contributed by atoms with Gasteiger partial charge in [-0.3, -0.25) is 9.78 Å². The molecule has 0 atom stereocenters. The first-order valence-electron chi connectivity index (χ1n) is 7.86. The average Bonchev–Trinajstić information content (AvgIpc) is 3.04. The van der Waals surface area contributed by atoms with Crippen molar-refractivity contribution in [3.63, 3.8) is 0 Å². The number of hydrogen-bond donors (Lipinski definition) is 1. The third kappa shape index (κ3) is 3.60. The molecule has 0 fully saturated rings. The Kier molecular flexibility index (Phi) is 4.03. The van der Waals surface area contributed by atoms with Gasteiger partial charge in [-0.25, -0.2) is 4.52 Å². The van der Waals surface area contributed by atoms with Crippen LogP contribution in [0.4, 0.5) is 26.3 Å². The summed E-state index contributed by atoms with van der Waals surface area (Å²) in [5.74, 6) is -0.591. The lowest BCUT2D eigenvalue weighted by molar-refractivity contribution is -0.274. The second kappa shape index (κ2) is 6.22. The van der Waals surface area contributed by atoms with E-state index in [-0.39, 0.29) is 27.8 Å². The van der Waals surface area contributed by atoms with Crippen molar-refractivity contribution in [1.82, 2.24) is 19.6 Å². The Morgan fingerprint density at radius 3 is 2.45 bits per heavy atom. The molecule has 0 aliphatic carbocycles. The summed E-state index contributed by atoms with van der Waals surface area (Å²) in [6.45, 7) is 0. The highest BCUT2D eigenvalue weighted by Crippen LogP contribution is 2.31. The molecule has 0 aliphatic rings. The van der Waals surface area contributed by atoms with Crippen molar-refractivity contribution in [2.75, 3.05) is 0 Å². The van der Waals surface area contributed by atoms with Crippen LogP contribution < -0.4 is 10.3 Å². The monoisotopic (exact) mass is 414 g/mol. The Labute approximate surface area is 156 Å². The number of ether oxygens (including phenoxy) is 1. The Morgan fingerprint density at radius 2 is 1.76 bits per heavy atom. The predicted molar refractivity (Wildman–Crippen MR) is 88.2 cm³/mol. The maximum Gasteiger partial charge on any atom is 0.573 e. The van der Waals surface area contributed by atoms with Gasteiger partial charge in [-0.15, -0.1) is 13.2 Å². The van der Waals surface area contributed by atoms with Crippen LogP contribution in [0.15, 0.2) is 47.4 Å². The largest absolute Gasteiger partial charge is 0.573 e. The first kappa shape index (κ1) is 18.8. The minimum Gasteiger partial charge on any atom is -0.406 e. The van der Waals surface area contributed by atoms with Crippen molar-refractivity contribution in [1.29, 1.82) is 0 Å². The molecule has 0 radical (unpaired) electrons. The number of pyridine rings is 1. The first-order valence-corrected chi connectivity index (χ1v) is 7.86. The fourth-order valence-electron chi connectivity index (χ4n) is 2.80. The standard InChI is InChI=1S/C17H8F6N4O2/c18-16(19,20)13-5-8(3-4-24-13)11-7-14-25-15(28)10-6-9(29-17(21,22)23)1-2-12(10)27(14)26-11/h1-7H,(H,25,28). The van der Waals surface area contributed by atoms with Gasteiger partial charge in [0.05, 0.1) is 16.6 Å². The van der Waals surface area contributed by atoms with Gasteiger partial charge in [-0.2, -0.15) is 18.3 Å². The highest BCUT2D eigenvalue weighted by Gasteiger charge is 2.33. The second-order valence-electron chi connectivity index (χ2n) is 5.94. The SMILES string of the molecule is O=c1[nH]c2cc(-c3ccnc(C(F)(F)F)c3)nn2c2ccc(OC(F)(F)F)cc12. The molecule has 0 unspecified atom stereocenters. The summed E-state index contributed by atoms with van der Waals surface area (Å²) in [4.78, 5) is 17.9. The van der Waals surface area contributed by atoms with E-state index in [1.807, 2.05) is 0 Å². The van der Waals surface area contributed by atoms with Crippen molar-refractivity contribution in [3.8, 4) is 17.0 Å². The Bertz CT molecular complexity index is 1290. The van der Waals surface area contributed by atoms with Gasteiger partial charge in [0.15, 0.2) is 0 Å². The van der Waals surface area contributed by atoms with Crippen LogP contribution in [0.3, 0.4) is 0 Å². The van der Waals surface area contributed by atoms with Gasteiger partial charge in [0, 0.05) is 17.8 Å². The molecule has 0 spiro atoms. The lowest BCUT2D eigenvalue weighted by Gasteiger charge is -2.09. The number of aromatic amines is 1. The predicted octanol–water partition coefficient (Wildman–Crippen LogP) is 4.16. The van der Waals surface area contributed by atoms with E-state index in [2.05, 4.69) is 19.8 Å². The summed E-state index contributed by atoms with van der Waals surface area (Å²) in [6.07, 6.45) is -8.60. The van der Waals surface area contributed by atoms with Gasteiger partial charge >= 0.3 is 12.5 Å². The summed E-state index contributed by atoms with van der Waals surface area (Å²) in [7, 11) is 0. The lowest BCUT2D eigenvalue weighted by Crippen LogP contribution is -2.17. The summed E-state index contributed by atoms with van der Waals surface area (Å²) in [6, 6.07) is 6.56. The average molecular weight is 414 g/mol. The van der Waals surface area contributed by atoms with E-state index < -0.39 is 29.5 Å². The van der Waals surface area contributed by atoms with Crippen LogP contribution >= 0.6 is 0 Å². The number of nitrogens with zero attached hydrogens (tertiary/aromatic N) is 3. The van der Waals surface area contributed by atoms with Crippen LogP contribution in [0, 0.1) is 0 Å². The van der Waals surface area contributed by atoms with E-state index >= 15 is 0 Å². The smallest absolute Gasteiger partial charge is 0.406 e. The zero-order chi connectivity index (χ0) is 21.0. The maximum absolute atomic E-state index is 12.9. The molecule has 6 nitrogen and oxygen atoms in total. The molecule has 4 rings (SSSR count). The van der Waals surface area contributed by atoms with Gasteiger partial charge in [-0.05, 0) is 30.3 Å². The molecule has 0 bridgehead atoms. The number of aromatic nitrogens is 4. The zero-order valence-corrected chi connectivity index (χ0v) is 14.0. The van der Waals surface area contributed by atoms with Crippen LogP contribution in [0.25, 0.3) is 27.8 Å². The van der Waals surface area contributed by atoms with E-state index in [0.717, 1.165) is 24.4 Å². The molecule has 0 amide bonds. The molecule has 3 aromatic heterocycles. The number of benzene rings is 1. The maximum atomic E-state index is 12.9. The van der Waals surface area contributed by atoms with Gasteiger partial charge in [0.1, 0.15) is 17.1 Å². The van der Waals surface area contributed by atoms with Crippen LogP contribution in [0.2, 0.25) is 0 Å². The topological polar surface area (TPSA) is 72.3 Å². The summed E-state index contributed by atoms with van der Waals surface area (Å²) in [5, 5.41) is 4.03. The zero-order valence-electron chi connectivity index (χ0n) is 14.0. The molecule has 1 N–H and O–H groups in total. The van der Waals surface area contributed by atoms with E-state index in [4.69, 9.17) is 0 Å². The third-order valence-electron chi connectivity index (χ3n) is 3.97. The molecule has 0 saturated heterocycles. The number of rotatable bonds is 2. The number of nitrogens with one attached hydrogen (secondary N) is 1. The molecular formula is C17H8F6N4O2. The number of alkyl halides is 6. The Balaban J connectivity index is 1.86. The molecule has 150 valence electrons. The van der Waals surface area contributed by atoms with Crippen molar-refractivity contribution < 1.29 is 31.1 Å². The van der Waals surface area contributed by atoms with Crippen molar-refractivity contribution >= 4 is 16.6 Å². The van der Waals surface area contributed by atoms with E-state index in [1.165, 1.54) is 22.7 Å². The van der Waals surface area contributed by atoms with Crippen LogP contribution in [-0.2, 0) is 6.18 Å². The second-order valence-corrected chi connectivity index (χ2v) is 5.94. The van der Waals surface area contributed by atoms with Crippen LogP contribution in [0.1, 0.15) is 5.69 Å². The quantitative estimate of drug-likeness (QED) is 0.500. The van der Waals surface area contributed by atoms with Gasteiger partial charge in [-0.1, -0.05) is 0 Å². The van der Waals surface area contributed by atoms with E-state index in [9.17, 15) is 31.1 Å². The van der Waals surface area contributed by atoms with Crippen molar-refractivity contribution in [2.24, 2.45) is 0 Å². The van der Waals surface area contributed by atoms with E-state index in [1.54, 1.807) is 0 Å². The molecular weight excluding hydrogens is 406 g/mol. The van der Waals surface area contributed by atoms with Crippen LogP contribution in [0.5, 0.6) is 5.75 Å². The molecule has 29 heavy (non-hydrogen) atoms. The summed E-state index contributed by atoms with van der Waals surface area (Å²) >= 11 is 0. The first-order chi connectivity index (χ1) is 13.5. The van der Waals surface area contributed by atoms with E-state index in [0.29, 0.717) is 0 Å². The Morgan fingerprint density at radius 1 is 1.00 bits per heavy atom. The molecule has 3 heterocycles. The minimum absolute atomic E-state index is 0.0991. The Hall–Kier alpha value is -3.57. The lowest BCUT2D eigenvalue weighted by atomic mass is 10.1. The highest BCUT2D eigenvalue weighted by molar-refractivity contribution is 5.82. The number of hydrogen-bond acceptors (Lipinski definition) is 4. The number of halogens is 6. The number of fused-ring (bicyclic) bond motifs is 3. The number of H-pyrrole nitrogens is 1. The molecule has 1 aromatic carbocycles.